The van der Waals surface area contributed by atoms with Crippen LogP contribution in [0.4, 0.5) is 0 Å². The van der Waals surface area contributed by atoms with E-state index in [9.17, 15) is 9.59 Å². The van der Waals surface area contributed by atoms with Gasteiger partial charge in [0.05, 0.1) is 25.4 Å². The molecule has 3 aromatic rings. The van der Waals surface area contributed by atoms with E-state index in [0.29, 0.717) is 46.5 Å². The van der Waals surface area contributed by atoms with Crippen molar-refractivity contribution in [2.45, 2.75) is 13.1 Å². The van der Waals surface area contributed by atoms with E-state index in [4.69, 9.17) is 16.3 Å². The second-order valence-electron chi connectivity index (χ2n) is 6.24. The van der Waals surface area contributed by atoms with Crippen molar-refractivity contribution in [3.8, 4) is 5.75 Å². The van der Waals surface area contributed by atoms with Crippen LogP contribution in [0.25, 0.3) is 0 Å². The molecule has 2 aromatic carbocycles. The minimum atomic E-state index is -0.403. The Morgan fingerprint density at radius 1 is 1.13 bits per heavy atom. The summed E-state index contributed by atoms with van der Waals surface area (Å²) >= 11 is 9.23. The van der Waals surface area contributed by atoms with Gasteiger partial charge in [0.25, 0.3) is 5.91 Å². The van der Waals surface area contributed by atoms with Crippen molar-refractivity contribution in [1.82, 2.24) is 14.9 Å². The Kier molecular flexibility index (Phi) is 7.48. The Bertz CT molecular complexity index is 1020. The minimum Gasteiger partial charge on any atom is -0.492 e. The average Bonchev–Trinajstić information content (AvgIpc) is 3.13. The molecule has 0 fully saturated rings. The molecule has 0 unspecified atom stereocenters. The predicted molar refractivity (Wildman–Crippen MR) is 116 cm³/mol. The first-order valence-corrected chi connectivity index (χ1v) is 10.2. The van der Waals surface area contributed by atoms with E-state index in [1.807, 2.05) is 0 Å². The SMILES string of the molecule is COC(=O)c1ccc(CNC(=O)c2cnc(Br)n2CCOc2ccc(Cl)cc2)cc1. The van der Waals surface area contributed by atoms with Crippen molar-refractivity contribution in [3.63, 3.8) is 0 Å². The Hall–Kier alpha value is -2.84. The number of rotatable bonds is 8. The van der Waals surface area contributed by atoms with Crippen LogP contribution >= 0.6 is 27.5 Å². The molecule has 30 heavy (non-hydrogen) atoms. The average molecular weight is 493 g/mol. The lowest BCUT2D eigenvalue weighted by Gasteiger charge is -2.11. The van der Waals surface area contributed by atoms with Gasteiger partial charge < -0.3 is 19.4 Å². The third-order valence-corrected chi connectivity index (χ3v) is 5.15. The molecule has 0 atom stereocenters. The van der Waals surface area contributed by atoms with Gasteiger partial charge in [0.1, 0.15) is 18.1 Å². The summed E-state index contributed by atoms with van der Waals surface area (Å²) in [6.07, 6.45) is 1.50. The van der Waals surface area contributed by atoms with Gasteiger partial charge >= 0.3 is 5.97 Å². The lowest BCUT2D eigenvalue weighted by Crippen LogP contribution is -2.26. The van der Waals surface area contributed by atoms with Crippen LogP contribution < -0.4 is 10.1 Å². The predicted octanol–water partition coefficient (Wildman–Crippen LogP) is 4.09. The molecule has 1 heterocycles. The van der Waals surface area contributed by atoms with Crippen LogP contribution in [0, 0.1) is 0 Å². The summed E-state index contributed by atoms with van der Waals surface area (Å²) < 4.78 is 12.6. The fourth-order valence-electron chi connectivity index (χ4n) is 2.68. The maximum absolute atomic E-state index is 12.6. The maximum atomic E-state index is 12.6. The molecule has 0 radical (unpaired) electrons. The molecule has 0 spiro atoms. The first kappa shape index (κ1) is 21.9. The topological polar surface area (TPSA) is 82.5 Å². The number of methoxy groups -OCH3 is 1. The molecular formula is C21H19BrClN3O4. The molecule has 9 heteroatoms. The van der Waals surface area contributed by atoms with Crippen molar-refractivity contribution >= 4 is 39.4 Å². The molecule has 1 N–H and O–H groups in total. The number of carbonyl (C=O) groups excluding carboxylic acids is 2. The summed E-state index contributed by atoms with van der Waals surface area (Å²) in [7, 11) is 1.33. The summed E-state index contributed by atoms with van der Waals surface area (Å²) in [6.45, 7) is 1.09. The number of hydrogen-bond acceptors (Lipinski definition) is 5. The number of halogens is 2. The highest BCUT2D eigenvalue weighted by atomic mass is 79.9. The minimum absolute atomic E-state index is 0.267. The number of imidazole rings is 1. The van der Waals surface area contributed by atoms with E-state index in [1.165, 1.54) is 13.3 Å². The van der Waals surface area contributed by atoms with Gasteiger partial charge in [-0.25, -0.2) is 9.78 Å². The first-order chi connectivity index (χ1) is 14.5. The standard InChI is InChI=1S/C21H19BrClN3O4/c1-29-20(28)15-4-2-14(3-5-15)12-24-19(27)18-13-25-21(22)26(18)10-11-30-17-8-6-16(23)7-9-17/h2-9,13H,10-12H2,1H3,(H,24,27). The number of nitrogens with one attached hydrogen (secondary N) is 1. The summed E-state index contributed by atoms with van der Waals surface area (Å²) in [5.41, 5.74) is 1.72. The van der Waals surface area contributed by atoms with E-state index in [1.54, 1.807) is 53.1 Å². The van der Waals surface area contributed by atoms with Crippen LogP contribution in [-0.4, -0.2) is 35.1 Å². The van der Waals surface area contributed by atoms with Gasteiger partial charge in [-0.05, 0) is 57.9 Å². The third-order valence-electron chi connectivity index (χ3n) is 4.26. The summed E-state index contributed by atoms with van der Waals surface area (Å²) in [6, 6.07) is 13.9. The van der Waals surface area contributed by atoms with Crippen LogP contribution in [-0.2, 0) is 17.8 Å². The van der Waals surface area contributed by atoms with Gasteiger partial charge in [-0.2, -0.15) is 0 Å². The lowest BCUT2D eigenvalue weighted by molar-refractivity contribution is 0.0600. The number of nitrogens with zero attached hydrogens (tertiary/aromatic N) is 2. The van der Waals surface area contributed by atoms with Crippen molar-refractivity contribution in [2.24, 2.45) is 0 Å². The number of esters is 1. The van der Waals surface area contributed by atoms with Gasteiger partial charge in [0, 0.05) is 11.6 Å². The lowest BCUT2D eigenvalue weighted by atomic mass is 10.1. The Morgan fingerprint density at radius 2 is 1.83 bits per heavy atom. The van der Waals surface area contributed by atoms with Crippen molar-refractivity contribution < 1.29 is 19.1 Å². The Balaban J connectivity index is 1.57. The molecule has 0 aliphatic rings. The molecule has 1 amide bonds. The third kappa shape index (κ3) is 5.61. The highest BCUT2D eigenvalue weighted by Crippen LogP contribution is 2.17. The molecule has 0 saturated heterocycles. The van der Waals surface area contributed by atoms with Gasteiger partial charge in [-0.3, -0.25) is 4.79 Å². The van der Waals surface area contributed by atoms with Gasteiger partial charge in [0.15, 0.2) is 4.73 Å². The summed E-state index contributed by atoms with van der Waals surface area (Å²) in [4.78, 5) is 28.3. The molecule has 0 aliphatic heterocycles. The maximum Gasteiger partial charge on any atom is 0.337 e. The number of amides is 1. The van der Waals surface area contributed by atoms with Crippen LogP contribution in [0.3, 0.4) is 0 Å². The number of hydrogen-bond donors (Lipinski definition) is 1. The van der Waals surface area contributed by atoms with Crippen LogP contribution in [0.5, 0.6) is 5.75 Å². The zero-order valence-electron chi connectivity index (χ0n) is 16.1. The number of aromatic nitrogens is 2. The quantitative estimate of drug-likeness (QED) is 0.479. The van der Waals surface area contributed by atoms with E-state index in [-0.39, 0.29) is 5.91 Å². The van der Waals surface area contributed by atoms with E-state index < -0.39 is 5.97 Å². The van der Waals surface area contributed by atoms with Gasteiger partial charge in [-0.15, -0.1) is 0 Å². The van der Waals surface area contributed by atoms with E-state index in [2.05, 4.69) is 31.0 Å². The molecular weight excluding hydrogens is 474 g/mol. The Morgan fingerprint density at radius 3 is 2.50 bits per heavy atom. The van der Waals surface area contributed by atoms with Crippen LogP contribution in [0.1, 0.15) is 26.4 Å². The highest BCUT2D eigenvalue weighted by Gasteiger charge is 2.15. The Labute approximate surface area is 187 Å². The van der Waals surface area contributed by atoms with Crippen LogP contribution in [0.2, 0.25) is 5.02 Å². The smallest absolute Gasteiger partial charge is 0.337 e. The van der Waals surface area contributed by atoms with Gasteiger partial charge in [0.2, 0.25) is 0 Å². The highest BCUT2D eigenvalue weighted by molar-refractivity contribution is 9.10. The number of ether oxygens (including phenoxy) is 2. The van der Waals surface area contributed by atoms with E-state index >= 15 is 0 Å². The monoisotopic (exact) mass is 491 g/mol. The zero-order chi connectivity index (χ0) is 21.5. The van der Waals surface area contributed by atoms with Crippen molar-refractivity contribution in [1.29, 1.82) is 0 Å². The van der Waals surface area contributed by atoms with Gasteiger partial charge in [-0.1, -0.05) is 23.7 Å². The second-order valence-corrected chi connectivity index (χ2v) is 7.38. The second kappa shape index (κ2) is 10.3. The molecule has 156 valence electrons. The zero-order valence-corrected chi connectivity index (χ0v) is 18.4. The number of benzene rings is 2. The van der Waals surface area contributed by atoms with E-state index in [0.717, 1.165) is 5.56 Å². The van der Waals surface area contributed by atoms with Crippen LogP contribution in [0.15, 0.2) is 59.5 Å². The fourth-order valence-corrected chi connectivity index (χ4v) is 3.28. The van der Waals surface area contributed by atoms with Crippen molar-refractivity contribution in [3.05, 3.63) is 81.3 Å². The summed E-state index contributed by atoms with van der Waals surface area (Å²) in [5.74, 6) is 0.0222. The molecule has 3 rings (SSSR count). The fraction of sp³-hybridized carbons (Fsp3) is 0.190. The molecule has 0 aliphatic carbocycles. The number of carbonyl (C=O) groups is 2. The first-order valence-electron chi connectivity index (χ1n) is 9.03. The summed E-state index contributed by atoms with van der Waals surface area (Å²) in [5, 5.41) is 3.49. The molecule has 0 saturated carbocycles. The normalized spacial score (nSPS) is 10.5. The molecule has 0 bridgehead atoms. The largest absolute Gasteiger partial charge is 0.492 e. The molecule has 1 aromatic heterocycles. The van der Waals surface area contributed by atoms with Crippen molar-refractivity contribution in [2.75, 3.05) is 13.7 Å². The molecule has 7 nitrogen and oxygen atoms in total.